The Hall–Kier alpha value is -1.44. The van der Waals surface area contributed by atoms with Crippen LogP contribution in [0.4, 0.5) is 0 Å². The third-order valence-electron chi connectivity index (χ3n) is 4.17. The van der Waals surface area contributed by atoms with Gasteiger partial charge in [-0.05, 0) is 61.4 Å². The van der Waals surface area contributed by atoms with Crippen LogP contribution >= 0.6 is 0 Å². The Kier molecular flexibility index (Phi) is 3.38. The zero-order valence-electron chi connectivity index (χ0n) is 11.6. The fourth-order valence-electron chi connectivity index (χ4n) is 3.05. The van der Waals surface area contributed by atoms with Gasteiger partial charge < -0.3 is 0 Å². The molecule has 2 heteroatoms. The fourth-order valence-corrected chi connectivity index (χ4v) is 3.05. The predicted octanol–water partition coefficient (Wildman–Crippen LogP) is 3.33. The van der Waals surface area contributed by atoms with Gasteiger partial charge in [0.25, 0.3) is 0 Å². The zero-order chi connectivity index (χ0) is 13.4. The van der Waals surface area contributed by atoms with E-state index in [9.17, 15) is 9.59 Å². The number of hydrogen-bond acceptors (Lipinski definition) is 2. The second-order valence-corrected chi connectivity index (χ2v) is 5.53. The summed E-state index contributed by atoms with van der Waals surface area (Å²) in [5.41, 5.74) is 6.21. The molecule has 2 rings (SSSR count). The molecule has 0 atom stereocenters. The lowest BCUT2D eigenvalue weighted by molar-refractivity contribution is -0.130. The van der Waals surface area contributed by atoms with E-state index in [-0.39, 0.29) is 23.9 Å². The number of carbonyl (C=O) groups is 2. The van der Waals surface area contributed by atoms with Gasteiger partial charge in [0.15, 0.2) is 0 Å². The van der Waals surface area contributed by atoms with Crippen LogP contribution in [0.2, 0.25) is 0 Å². The Morgan fingerprint density at radius 2 is 1.33 bits per heavy atom. The third kappa shape index (κ3) is 2.24. The molecule has 0 unspecified atom stereocenters. The summed E-state index contributed by atoms with van der Waals surface area (Å²) in [7, 11) is 0. The van der Waals surface area contributed by atoms with Gasteiger partial charge in [-0.25, -0.2) is 0 Å². The van der Waals surface area contributed by atoms with E-state index in [1.807, 2.05) is 0 Å². The molecular weight excluding hydrogens is 224 g/mol. The molecule has 1 aliphatic carbocycles. The maximum absolute atomic E-state index is 11.6. The minimum Gasteiger partial charge on any atom is -0.299 e. The first kappa shape index (κ1) is 13.0. The summed E-state index contributed by atoms with van der Waals surface area (Å²) in [4.78, 5) is 23.3. The van der Waals surface area contributed by atoms with E-state index in [2.05, 4.69) is 33.8 Å². The molecule has 0 radical (unpaired) electrons. The van der Waals surface area contributed by atoms with Crippen molar-refractivity contribution in [2.24, 2.45) is 0 Å². The van der Waals surface area contributed by atoms with Crippen molar-refractivity contribution < 1.29 is 9.59 Å². The molecule has 96 valence electrons. The van der Waals surface area contributed by atoms with Crippen LogP contribution in [0.5, 0.6) is 0 Å². The average Bonchev–Trinajstić information content (AvgIpc) is 2.25. The van der Waals surface area contributed by atoms with E-state index in [1.165, 1.54) is 27.8 Å². The van der Waals surface area contributed by atoms with E-state index in [1.54, 1.807) is 0 Å². The van der Waals surface area contributed by atoms with Crippen LogP contribution in [-0.4, -0.2) is 11.6 Å². The highest BCUT2D eigenvalue weighted by Gasteiger charge is 2.29. The molecule has 1 fully saturated rings. The Labute approximate surface area is 108 Å². The maximum atomic E-state index is 11.6. The lowest BCUT2D eigenvalue weighted by Crippen LogP contribution is -2.22. The molecule has 0 aliphatic heterocycles. The fraction of sp³-hybridized carbons (Fsp3) is 0.500. The smallest absolute Gasteiger partial charge is 0.140 e. The van der Waals surface area contributed by atoms with Crippen molar-refractivity contribution in [3.05, 3.63) is 33.9 Å². The number of benzene rings is 1. The molecule has 1 aliphatic rings. The van der Waals surface area contributed by atoms with Crippen LogP contribution in [-0.2, 0) is 9.59 Å². The molecule has 0 aromatic heterocycles. The first-order valence-electron chi connectivity index (χ1n) is 6.50. The summed E-state index contributed by atoms with van der Waals surface area (Å²) in [6.07, 6.45) is 1.19. The van der Waals surface area contributed by atoms with Gasteiger partial charge in [-0.1, -0.05) is 6.07 Å². The summed E-state index contributed by atoms with van der Waals surface area (Å²) in [5.74, 6) is 0.278. The molecule has 0 N–H and O–H groups in total. The van der Waals surface area contributed by atoms with Gasteiger partial charge in [-0.15, -0.1) is 0 Å². The summed E-state index contributed by atoms with van der Waals surface area (Å²) in [6, 6.07) is 2.18. The van der Waals surface area contributed by atoms with Crippen molar-refractivity contribution in [3.8, 4) is 0 Å². The maximum Gasteiger partial charge on any atom is 0.140 e. The van der Waals surface area contributed by atoms with Crippen LogP contribution in [0.1, 0.15) is 53.0 Å². The van der Waals surface area contributed by atoms with Crippen LogP contribution in [0.3, 0.4) is 0 Å². The molecule has 0 saturated heterocycles. The Balaban J connectivity index is 2.50. The standard InChI is InChI=1S/C16H20O2/c1-9-5-10(2)12(4)16(11(9)3)13-6-14(17)8-15(18)7-13/h5,13H,6-8H2,1-4H3. The largest absolute Gasteiger partial charge is 0.299 e. The zero-order valence-corrected chi connectivity index (χ0v) is 11.6. The molecular formula is C16H20O2. The lowest BCUT2D eigenvalue weighted by Gasteiger charge is -2.26. The van der Waals surface area contributed by atoms with Crippen molar-refractivity contribution in [2.75, 3.05) is 0 Å². The Morgan fingerprint density at radius 1 is 0.889 bits per heavy atom. The number of rotatable bonds is 1. The summed E-state index contributed by atoms with van der Waals surface area (Å²) in [6.45, 7) is 8.39. The second-order valence-electron chi connectivity index (χ2n) is 5.53. The lowest BCUT2D eigenvalue weighted by atomic mass is 9.77. The molecule has 0 bridgehead atoms. The van der Waals surface area contributed by atoms with Crippen molar-refractivity contribution in [3.63, 3.8) is 0 Å². The van der Waals surface area contributed by atoms with Gasteiger partial charge in [0.1, 0.15) is 11.6 Å². The number of ketones is 2. The first-order valence-corrected chi connectivity index (χ1v) is 6.50. The molecule has 1 aromatic rings. The monoisotopic (exact) mass is 244 g/mol. The average molecular weight is 244 g/mol. The Morgan fingerprint density at radius 3 is 1.78 bits per heavy atom. The molecule has 0 heterocycles. The third-order valence-corrected chi connectivity index (χ3v) is 4.17. The SMILES string of the molecule is Cc1cc(C)c(C)c(C2CC(=O)CC(=O)C2)c1C. The normalized spacial score (nSPS) is 17.3. The summed E-state index contributed by atoms with van der Waals surface area (Å²) in [5, 5.41) is 0. The highest BCUT2D eigenvalue weighted by Crippen LogP contribution is 2.35. The van der Waals surface area contributed by atoms with Crippen LogP contribution in [0.25, 0.3) is 0 Å². The second kappa shape index (κ2) is 4.68. The quantitative estimate of drug-likeness (QED) is 0.710. The van der Waals surface area contributed by atoms with Crippen LogP contribution in [0.15, 0.2) is 6.07 Å². The molecule has 1 saturated carbocycles. The molecule has 2 nitrogen and oxygen atoms in total. The van der Waals surface area contributed by atoms with Crippen molar-refractivity contribution >= 4 is 11.6 Å². The minimum atomic E-state index is 0.0919. The number of carbonyl (C=O) groups excluding carboxylic acids is 2. The number of hydrogen-bond donors (Lipinski definition) is 0. The van der Waals surface area contributed by atoms with Gasteiger partial charge in [0.2, 0.25) is 0 Å². The summed E-state index contributed by atoms with van der Waals surface area (Å²) >= 11 is 0. The van der Waals surface area contributed by atoms with E-state index in [0.29, 0.717) is 12.8 Å². The molecule has 0 spiro atoms. The van der Waals surface area contributed by atoms with Crippen molar-refractivity contribution in [1.82, 2.24) is 0 Å². The highest BCUT2D eigenvalue weighted by atomic mass is 16.1. The van der Waals surface area contributed by atoms with E-state index < -0.39 is 0 Å². The van der Waals surface area contributed by atoms with E-state index >= 15 is 0 Å². The minimum absolute atomic E-state index is 0.0919. The Bertz CT molecular complexity index is 484. The number of aryl methyl sites for hydroxylation is 2. The number of Topliss-reactive ketones (excluding diaryl/α,β-unsaturated/α-hetero) is 2. The molecule has 0 amide bonds. The first-order chi connectivity index (χ1) is 8.40. The van der Waals surface area contributed by atoms with E-state index in [0.717, 1.165) is 0 Å². The van der Waals surface area contributed by atoms with E-state index in [4.69, 9.17) is 0 Å². The van der Waals surface area contributed by atoms with Gasteiger partial charge in [0.05, 0.1) is 6.42 Å². The van der Waals surface area contributed by atoms with Crippen LogP contribution < -0.4 is 0 Å². The van der Waals surface area contributed by atoms with Gasteiger partial charge in [-0.2, -0.15) is 0 Å². The summed E-state index contributed by atoms with van der Waals surface area (Å²) < 4.78 is 0. The molecule has 1 aromatic carbocycles. The van der Waals surface area contributed by atoms with Gasteiger partial charge in [0, 0.05) is 12.8 Å². The van der Waals surface area contributed by atoms with Gasteiger partial charge in [-0.3, -0.25) is 9.59 Å². The topological polar surface area (TPSA) is 34.1 Å². The van der Waals surface area contributed by atoms with Crippen LogP contribution in [0, 0.1) is 27.7 Å². The highest BCUT2D eigenvalue weighted by molar-refractivity contribution is 6.02. The van der Waals surface area contributed by atoms with Crippen molar-refractivity contribution in [2.45, 2.75) is 52.9 Å². The molecule has 18 heavy (non-hydrogen) atoms. The van der Waals surface area contributed by atoms with Crippen molar-refractivity contribution in [1.29, 1.82) is 0 Å². The predicted molar refractivity (Wildman–Crippen MR) is 72.0 cm³/mol. The van der Waals surface area contributed by atoms with Gasteiger partial charge >= 0.3 is 0 Å².